The maximum absolute atomic E-state index is 11.0. The first-order valence-electron chi connectivity index (χ1n) is 4.99. The molecule has 5 nitrogen and oxygen atoms in total. The summed E-state index contributed by atoms with van der Waals surface area (Å²) in [4.78, 5) is 11.0. The molecular weight excluding hydrogens is 200 g/mol. The van der Waals surface area contributed by atoms with Gasteiger partial charge in [0.15, 0.2) is 0 Å². The minimum Gasteiger partial charge on any atom is -0.396 e. The SMILES string of the molecule is CCNC(=O)NC[SiH](OCC)OCC. The Labute approximate surface area is 87.0 Å². The van der Waals surface area contributed by atoms with Crippen LogP contribution < -0.4 is 10.6 Å². The summed E-state index contributed by atoms with van der Waals surface area (Å²) in [6, 6.07) is -0.163. The van der Waals surface area contributed by atoms with E-state index in [1.807, 2.05) is 20.8 Å². The molecule has 0 bridgehead atoms. The van der Waals surface area contributed by atoms with E-state index in [0.717, 1.165) is 0 Å². The molecule has 84 valence electrons. The van der Waals surface area contributed by atoms with E-state index in [9.17, 15) is 4.79 Å². The van der Waals surface area contributed by atoms with Gasteiger partial charge in [-0.05, 0) is 20.8 Å². The van der Waals surface area contributed by atoms with E-state index < -0.39 is 9.28 Å². The lowest BCUT2D eigenvalue weighted by Crippen LogP contribution is -2.43. The van der Waals surface area contributed by atoms with Crippen molar-refractivity contribution in [1.82, 2.24) is 10.6 Å². The predicted octanol–water partition coefficient (Wildman–Crippen LogP) is 0.138. The summed E-state index contributed by atoms with van der Waals surface area (Å²) in [7, 11) is -1.69. The Morgan fingerprint density at radius 2 is 1.71 bits per heavy atom. The minimum absolute atomic E-state index is 0.163. The lowest BCUT2D eigenvalue weighted by atomic mass is 10.7. The third-order valence-electron chi connectivity index (χ3n) is 1.47. The van der Waals surface area contributed by atoms with Crippen molar-refractivity contribution in [3.05, 3.63) is 0 Å². The number of carbonyl (C=O) groups excluding carboxylic acids is 1. The molecule has 0 aromatic carbocycles. The highest BCUT2D eigenvalue weighted by atomic mass is 28.3. The molecule has 2 N–H and O–H groups in total. The van der Waals surface area contributed by atoms with Crippen LogP contribution in [-0.2, 0) is 8.85 Å². The molecule has 0 radical (unpaired) electrons. The number of nitrogens with one attached hydrogen (secondary N) is 2. The Morgan fingerprint density at radius 1 is 1.14 bits per heavy atom. The molecule has 0 unspecified atom stereocenters. The highest BCUT2D eigenvalue weighted by Crippen LogP contribution is 1.87. The van der Waals surface area contributed by atoms with Gasteiger partial charge < -0.3 is 19.5 Å². The number of hydrogen-bond donors (Lipinski definition) is 2. The topological polar surface area (TPSA) is 59.6 Å². The van der Waals surface area contributed by atoms with Crippen molar-refractivity contribution in [3.63, 3.8) is 0 Å². The van der Waals surface area contributed by atoms with Crippen molar-refractivity contribution < 1.29 is 13.6 Å². The fraction of sp³-hybridized carbons (Fsp3) is 0.875. The molecule has 0 saturated carbocycles. The van der Waals surface area contributed by atoms with Crippen molar-refractivity contribution in [2.24, 2.45) is 0 Å². The van der Waals surface area contributed by atoms with Crippen molar-refractivity contribution in [3.8, 4) is 0 Å². The molecule has 14 heavy (non-hydrogen) atoms. The van der Waals surface area contributed by atoms with E-state index >= 15 is 0 Å². The number of hydrogen-bond acceptors (Lipinski definition) is 3. The van der Waals surface area contributed by atoms with Gasteiger partial charge in [-0.1, -0.05) is 0 Å². The second-order valence-corrected chi connectivity index (χ2v) is 4.51. The van der Waals surface area contributed by atoms with E-state index in [4.69, 9.17) is 8.85 Å². The number of rotatable bonds is 7. The molecule has 0 aliphatic heterocycles. The quantitative estimate of drug-likeness (QED) is 0.600. The van der Waals surface area contributed by atoms with Gasteiger partial charge in [0.1, 0.15) is 0 Å². The summed E-state index contributed by atoms with van der Waals surface area (Å²) in [6.45, 7) is 7.61. The molecule has 0 spiro atoms. The summed E-state index contributed by atoms with van der Waals surface area (Å²) in [6.07, 6.45) is 0.507. The van der Waals surface area contributed by atoms with Crippen LogP contribution in [0.2, 0.25) is 0 Å². The second-order valence-electron chi connectivity index (χ2n) is 2.58. The summed E-state index contributed by atoms with van der Waals surface area (Å²) in [5.41, 5.74) is 0. The summed E-state index contributed by atoms with van der Waals surface area (Å²) < 4.78 is 10.8. The van der Waals surface area contributed by atoms with E-state index in [2.05, 4.69) is 10.6 Å². The molecule has 0 aliphatic rings. The molecule has 0 fully saturated rings. The third kappa shape index (κ3) is 6.87. The van der Waals surface area contributed by atoms with Gasteiger partial charge in [0.2, 0.25) is 0 Å². The van der Waals surface area contributed by atoms with Crippen LogP contribution in [0, 0.1) is 0 Å². The van der Waals surface area contributed by atoms with Crippen LogP contribution in [0.25, 0.3) is 0 Å². The van der Waals surface area contributed by atoms with Crippen molar-refractivity contribution in [2.75, 3.05) is 25.9 Å². The fourth-order valence-electron chi connectivity index (χ4n) is 0.937. The summed E-state index contributed by atoms with van der Waals surface area (Å²) in [5, 5.41) is 5.36. The maximum atomic E-state index is 11.0. The first kappa shape index (κ1) is 13.4. The second kappa shape index (κ2) is 8.98. The molecule has 0 aliphatic carbocycles. The third-order valence-corrected chi connectivity index (χ3v) is 3.42. The van der Waals surface area contributed by atoms with Crippen LogP contribution in [0.4, 0.5) is 4.79 Å². The van der Waals surface area contributed by atoms with Gasteiger partial charge >= 0.3 is 15.3 Å². The van der Waals surface area contributed by atoms with Crippen LogP contribution in [0.5, 0.6) is 0 Å². The monoisotopic (exact) mass is 220 g/mol. The smallest absolute Gasteiger partial charge is 0.341 e. The Kier molecular flexibility index (Phi) is 8.60. The summed E-state index contributed by atoms with van der Waals surface area (Å²) >= 11 is 0. The van der Waals surface area contributed by atoms with E-state index in [0.29, 0.717) is 25.9 Å². The van der Waals surface area contributed by atoms with E-state index in [1.165, 1.54) is 0 Å². The molecule has 0 aromatic heterocycles. The van der Waals surface area contributed by atoms with E-state index in [1.54, 1.807) is 0 Å². The lowest BCUT2D eigenvalue weighted by Gasteiger charge is -2.15. The first-order chi connectivity index (χ1) is 6.74. The summed E-state index contributed by atoms with van der Waals surface area (Å²) in [5.74, 6) is 0. The molecule has 0 heterocycles. The highest BCUT2D eigenvalue weighted by molar-refractivity contribution is 6.44. The molecule has 2 amide bonds. The molecule has 0 atom stereocenters. The zero-order chi connectivity index (χ0) is 10.8. The van der Waals surface area contributed by atoms with Crippen LogP contribution >= 0.6 is 0 Å². The van der Waals surface area contributed by atoms with Gasteiger partial charge in [-0.2, -0.15) is 0 Å². The van der Waals surface area contributed by atoms with Crippen molar-refractivity contribution in [2.45, 2.75) is 20.8 Å². The van der Waals surface area contributed by atoms with Gasteiger partial charge in [0.05, 0.1) is 6.17 Å². The van der Waals surface area contributed by atoms with Gasteiger partial charge in [-0.3, -0.25) is 0 Å². The molecule has 0 saturated heterocycles. The Bertz CT molecular complexity index is 152. The number of urea groups is 1. The number of amides is 2. The Morgan fingerprint density at radius 3 is 2.14 bits per heavy atom. The first-order valence-corrected chi connectivity index (χ1v) is 6.75. The lowest BCUT2D eigenvalue weighted by molar-refractivity contribution is 0.209. The normalized spacial score (nSPS) is 10.3. The standard InChI is InChI=1S/C8H20N2O3Si/c1-4-9-8(11)10-7-14(12-5-2)13-6-3/h14H,4-7H2,1-3H3,(H2,9,10,11). The van der Waals surface area contributed by atoms with Crippen LogP contribution in [0.1, 0.15) is 20.8 Å². The van der Waals surface area contributed by atoms with Crippen LogP contribution in [-0.4, -0.2) is 41.2 Å². The van der Waals surface area contributed by atoms with Gasteiger partial charge in [-0.15, -0.1) is 0 Å². The minimum atomic E-state index is -1.69. The van der Waals surface area contributed by atoms with Crippen LogP contribution in [0.15, 0.2) is 0 Å². The van der Waals surface area contributed by atoms with Crippen LogP contribution in [0.3, 0.4) is 0 Å². The van der Waals surface area contributed by atoms with E-state index in [-0.39, 0.29) is 6.03 Å². The molecular formula is C8H20N2O3Si. The van der Waals surface area contributed by atoms with Crippen molar-refractivity contribution in [1.29, 1.82) is 0 Å². The zero-order valence-corrected chi connectivity index (χ0v) is 10.3. The van der Waals surface area contributed by atoms with Gasteiger partial charge in [0.25, 0.3) is 0 Å². The predicted molar refractivity (Wildman–Crippen MR) is 57.5 cm³/mol. The zero-order valence-electron chi connectivity index (χ0n) is 9.13. The molecule has 0 aromatic rings. The fourth-order valence-corrected chi connectivity index (χ4v) is 2.36. The molecule has 6 heteroatoms. The Balaban J connectivity index is 3.63. The highest BCUT2D eigenvalue weighted by Gasteiger charge is 2.12. The number of carbonyl (C=O) groups is 1. The Hall–Kier alpha value is -0.593. The van der Waals surface area contributed by atoms with Gasteiger partial charge in [-0.25, -0.2) is 4.79 Å². The maximum Gasteiger partial charge on any atom is 0.341 e. The van der Waals surface area contributed by atoms with Crippen molar-refractivity contribution >= 4 is 15.3 Å². The average molecular weight is 220 g/mol. The largest absolute Gasteiger partial charge is 0.396 e. The average Bonchev–Trinajstić information content (AvgIpc) is 2.15. The molecule has 0 rings (SSSR count). The van der Waals surface area contributed by atoms with Gasteiger partial charge in [0, 0.05) is 19.8 Å².